The van der Waals surface area contributed by atoms with E-state index < -0.39 is 17.5 Å². The number of nitrogens with two attached hydrogens (primary N) is 1. The fourth-order valence-corrected chi connectivity index (χ4v) is 1.53. The molecule has 1 heterocycles. The van der Waals surface area contributed by atoms with Gasteiger partial charge in [-0.3, -0.25) is 0 Å². The molecule has 0 atom stereocenters. The van der Waals surface area contributed by atoms with Gasteiger partial charge in [-0.1, -0.05) is 6.92 Å². The highest BCUT2D eigenvalue weighted by Gasteiger charge is 2.13. The number of hydrogen-bond acceptors (Lipinski definition) is 3. The van der Waals surface area contributed by atoms with E-state index in [0.29, 0.717) is 18.3 Å². The molecule has 0 fully saturated rings. The van der Waals surface area contributed by atoms with Crippen LogP contribution in [0.5, 0.6) is 0 Å². The Bertz CT molecular complexity index is 599. The van der Waals surface area contributed by atoms with Crippen LogP contribution in [0.25, 0.3) is 11.3 Å². The van der Waals surface area contributed by atoms with Crippen molar-refractivity contribution in [3.8, 4) is 11.3 Å². The molecule has 0 aliphatic carbocycles. The van der Waals surface area contributed by atoms with Crippen LogP contribution in [-0.4, -0.2) is 9.97 Å². The van der Waals surface area contributed by atoms with Crippen molar-refractivity contribution >= 4 is 5.82 Å². The summed E-state index contributed by atoms with van der Waals surface area (Å²) in [6.07, 6.45) is 0.503. The first-order chi connectivity index (χ1) is 8.51. The van der Waals surface area contributed by atoms with Gasteiger partial charge >= 0.3 is 0 Å². The Kier molecular flexibility index (Phi) is 3.18. The Labute approximate surface area is 101 Å². The van der Waals surface area contributed by atoms with Gasteiger partial charge in [0, 0.05) is 24.1 Å². The van der Waals surface area contributed by atoms with E-state index in [2.05, 4.69) is 9.97 Å². The second kappa shape index (κ2) is 4.64. The quantitative estimate of drug-likeness (QED) is 0.837. The van der Waals surface area contributed by atoms with Crippen LogP contribution < -0.4 is 5.73 Å². The maximum absolute atomic E-state index is 13.6. The fraction of sp³-hybridized carbons (Fsp3) is 0.167. The summed E-state index contributed by atoms with van der Waals surface area (Å²) in [5.41, 5.74) is 5.54. The molecule has 6 heteroatoms. The van der Waals surface area contributed by atoms with Crippen LogP contribution in [0, 0.1) is 17.5 Å². The summed E-state index contributed by atoms with van der Waals surface area (Å²) in [7, 11) is 0. The third-order valence-electron chi connectivity index (χ3n) is 2.39. The van der Waals surface area contributed by atoms with Gasteiger partial charge in [0.25, 0.3) is 0 Å². The van der Waals surface area contributed by atoms with E-state index in [-0.39, 0.29) is 17.1 Å². The van der Waals surface area contributed by atoms with Gasteiger partial charge in [0.15, 0.2) is 11.6 Å². The SMILES string of the molecule is CCc1nc(N)cc(-c2cc(F)c(F)cc2F)n1. The third kappa shape index (κ3) is 2.27. The summed E-state index contributed by atoms with van der Waals surface area (Å²) < 4.78 is 39.5. The maximum Gasteiger partial charge on any atom is 0.161 e. The number of benzene rings is 1. The predicted molar refractivity (Wildman–Crippen MR) is 61.1 cm³/mol. The third-order valence-corrected chi connectivity index (χ3v) is 2.39. The molecule has 0 saturated heterocycles. The summed E-state index contributed by atoms with van der Waals surface area (Å²) in [4.78, 5) is 7.96. The lowest BCUT2D eigenvalue weighted by Gasteiger charge is -2.06. The summed E-state index contributed by atoms with van der Waals surface area (Å²) in [5.74, 6) is -2.71. The normalized spacial score (nSPS) is 10.7. The van der Waals surface area contributed by atoms with E-state index in [0.717, 1.165) is 6.07 Å². The van der Waals surface area contributed by atoms with Gasteiger partial charge in [0.2, 0.25) is 0 Å². The number of nitrogens with zero attached hydrogens (tertiary/aromatic N) is 2. The molecule has 0 amide bonds. The molecule has 0 saturated carbocycles. The van der Waals surface area contributed by atoms with Crippen LogP contribution in [0.3, 0.4) is 0 Å². The average Bonchev–Trinajstić information content (AvgIpc) is 2.33. The molecule has 0 unspecified atom stereocenters. The van der Waals surface area contributed by atoms with Crippen LogP contribution in [0.4, 0.5) is 19.0 Å². The first-order valence-electron chi connectivity index (χ1n) is 5.29. The van der Waals surface area contributed by atoms with E-state index in [9.17, 15) is 13.2 Å². The summed E-state index contributed by atoms with van der Waals surface area (Å²) in [5, 5.41) is 0. The summed E-state index contributed by atoms with van der Waals surface area (Å²) in [6, 6.07) is 2.55. The number of nitrogen functional groups attached to an aromatic ring is 1. The van der Waals surface area contributed by atoms with Crippen molar-refractivity contribution in [3.63, 3.8) is 0 Å². The smallest absolute Gasteiger partial charge is 0.161 e. The number of hydrogen-bond donors (Lipinski definition) is 1. The van der Waals surface area contributed by atoms with E-state index in [4.69, 9.17) is 5.73 Å². The number of rotatable bonds is 2. The number of aryl methyl sites for hydroxylation is 1. The molecule has 1 aromatic carbocycles. The van der Waals surface area contributed by atoms with Crippen molar-refractivity contribution in [2.75, 3.05) is 5.73 Å². The predicted octanol–water partition coefficient (Wildman–Crippen LogP) is 2.71. The zero-order chi connectivity index (χ0) is 13.3. The highest BCUT2D eigenvalue weighted by Crippen LogP contribution is 2.24. The van der Waals surface area contributed by atoms with Crippen molar-refractivity contribution in [1.82, 2.24) is 9.97 Å². The van der Waals surface area contributed by atoms with Gasteiger partial charge < -0.3 is 5.73 Å². The molecule has 0 aliphatic heterocycles. The van der Waals surface area contributed by atoms with Crippen molar-refractivity contribution in [1.29, 1.82) is 0 Å². The Hall–Kier alpha value is -2.11. The number of aromatic nitrogens is 2. The molecule has 2 aromatic rings. The van der Waals surface area contributed by atoms with Crippen LogP contribution in [-0.2, 0) is 6.42 Å². The standard InChI is InChI=1S/C12H10F3N3/c1-2-12-17-10(5-11(16)18-12)6-3-8(14)9(15)4-7(6)13/h3-5H,2H2,1H3,(H2,16,17,18). The topological polar surface area (TPSA) is 51.8 Å². The molecule has 0 aliphatic rings. The molecular weight excluding hydrogens is 243 g/mol. The molecule has 94 valence electrons. The van der Waals surface area contributed by atoms with E-state index >= 15 is 0 Å². The molecule has 18 heavy (non-hydrogen) atoms. The number of halogens is 3. The molecule has 3 nitrogen and oxygen atoms in total. The highest BCUT2D eigenvalue weighted by atomic mass is 19.2. The van der Waals surface area contributed by atoms with Crippen molar-refractivity contribution in [3.05, 3.63) is 41.5 Å². The van der Waals surface area contributed by atoms with Crippen LogP contribution in [0.15, 0.2) is 18.2 Å². The van der Waals surface area contributed by atoms with Gasteiger partial charge in [-0.2, -0.15) is 0 Å². The van der Waals surface area contributed by atoms with Gasteiger partial charge in [0.05, 0.1) is 5.69 Å². The first-order valence-corrected chi connectivity index (χ1v) is 5.29. The monoisotopic (exact) mass is 253 g/mol. The molecule has 2 rings (SSSR count). The minimum Gasteiger partial charge on any atom is -0.384 e. The van der Waals surface area contributed by atoms with Gasteiger partial charge in [-0.15, -0.1) is 0 Å². The number of anilines is 1. The Morgan fingerprint density at radius 3 is 2.33 bits per heavy atom. The lowest BCUT2D eigenvalue weighted by Crippen LogP contribution is -2.01. The Balaban J connectivity index is 2.61. The van der Waals surface area contributed by atoms with Crippen LogP contribution in [0.2, 0.25) is 0 Å². The summed E-state index contributed by atoms with van der Waals surface area (Å²) in [6.45, 7) is 1.81. The van der Waals surface area contributed by atoms with Crippen molar-refractivity contribution in [2.24, 2.45) is 0 Å². The lowest BCUT2D eigenvalue weighted by atomic mass is 10.1. The summed E-state index contributed by atoms with van der Waals surface area (Å²) >= 11 is 0. The lowest BCUT2D eigenvalue weighted by molar-refractivity contribution is 0.496. The zero-order valence-corrected chi connectivity index (χ0v) is 9.54. The molecule has 0 spiro atoms. The van der Waals surface area contributed by atoms with E-state index in [1.54, 1.807) is 6.92 Å². The minimum absolute atomic E-state index is 0.135. The molecule has 0 bridgehead atoms. The Morgan fingerprint density at radius 1 is 1.00 bits per heavy atom. The zero-order valence-electron chi connectivity index (χ0n) is 9.54. The molecule has 1 aromatic heterocycles. The maximum atomic E-state index is 13.6. The first kappa shape index (κ1) is 12.3. The Morgan fingerprint density at radius 2 is 1.67 bits per heavy atom. The van der Waals surface area contributed by atoms with Gasteiger partial charge in [-0.05, 0) is 6.07 Å². The minimum atomic E-state index is -1.24. The fourth-order valence-electron chi connectivity index (χ4n) is 1.53. The van der Waals surface area contributed by atoms with Gasteiger partial charge in [0.1, 0.15) is 17.5 Å². The second-order valence-corrected chi connectivity index (χ2v) is 3.69. The van der Waals surface area contributed by atoms with Crippen LogP contribution in [0.1, 0.15) is 12.7 Å². The molecule has 2 N–H and O–H groups in total. The van der Waals surface area contributed by atoms with Crippen LogP contribution >= 0.6 is 0 Å². The van der Waals surface area contributed by atoms with Gasteiger partial charge in [-0.25, -0.2) is 23.1 Å². The molecular formula is C12H10F3N3. The van der Waals surface area contributed by atoms with E-state index in [1.165, 1.54) is 6.07 Å². The van der Waals surface area contributed by atoms with Crippen molar-refractivity contribution < 1.29 is 13.2 Å². The largest absolute Gasteiger partial charge is 0.384 e. The second-order valence-electron chi connectivity index (χ2n) is 3.69. The average molecular weight is 253 g/mol. The highest BCUT2D eigenvalue weighted by molar-refractivity contribution is 5.62. The van der Waals surface area contributed by atoms with E-state index in [1.807, 2.05) is 0 Å². The molecule has 0 radical (unpaired) electrons. The van der Waals surface area contributed by atoms with Crippen molar-refractivity contribution in [2.45, 2.75) is 13.3 Å².